The topological polar surface area (TPSA) is 187 Å². The van der Waals surface area contributed by atoms with Crippen molar-refractivity contribution in [2.75, 3.05) is 25.1 Å². The van der Waals surface area contributed by atoms with Crippen molar-refractivity contribution < 1.29 is 28.9 Å². The number of benzene rings is 2. The molecule has 14 nitrogen and oxygen atoms in total. The molecule has 0 heterocycles. The van der Waals surface area contributed by atoms with Gasteiger partial charge in [0.15, 0.2) is 11.5 Å². The molecule has 2 aromatic rings. The van der Waals surface area contributed by atoms with E-state index in [1.165, 1.54) is 38.5 Å². The van der Waals surface area contributed by atoms with Crippen molar-refractivity contribution in [2.45, 2.75) is 0 Å². The van der Waals surface area contributed by atoms with Crippen LogP contribution in [0, 0.1) is 20.2 Å². The van der Waals surface area contributed by atoms with Gasteiger partial charge in [-0.25, -0.2) is 0 Å². The lowest BCUT2D eigenvalue weighted by Crippen LogP contribution is -2.44. The molecule has 0 radical (unpaired) electrons. The van der Waals surface area contributed by atoms with Crippen molar-refractivity contribution in [1.29, 1.82) is 0 Å². The first-order valence-corrected chi connectivity index (χ1v) is 8.04. The number of ether oxygens (including phenoxy) is 2. The molecule has 0 atom stereocenters. The van der Waals surface area contributed by atoms with Crippen molar-refractivity contribution in [1.82, 2.24) is 10.9 Å². The first kappa shape index (κ1) is 21.7. The van der Waals surface area contributed by atoms with Crippen LogP contribution in [-0.4, -0.2) is 35.9 Å². The summed E-state index contributed by atoms with van der Waals surface area (Å²) in [5.41, 5.74) is 8.39. The molecule has 30 heavy (non-hydrogen) atoms. The van der Waals surface area contributed by atoms with Crippen LogP contribution in [-0.2, 0) is 9.59 Å². The van der Waals surface area contributed by atoms with E-state index in [2.05, 4.69) is 21.7 Å². The number of hydrogen-bond acceptors (Lipinski definition) is 10. The van der Waals surface area contributed by atoms with Gasteiger partial charge >= 0.3 is 23.2 Å². The maximum absolute atomic E-state index is 11.8. The fourth-order valence-corrected chi connectivity index (χ4v) is 2.19. The van der Waals surface area contributed by atoms with E-state index in [9.17, 15) is 29.8 Å². The molecule has 0 aliphatic heterocycles. The van der Waals surface area contributed by atoms with E-state index in [1.54, 1.807) is 0 Å². The molecule has 0 bridgehead atoms. The van der Waals surface area contributed by atoms with Crippen LogP contribution in [0.5, 0.6) is 11.5 Å². The molecule has 0 fully saturated rings. The number of nitrogens with one attached hydrogen (secondary N) is 4. The zero-order valence-electron chi connectivity index (χ0n) is 15.6. The number of nitro groups is 2. The normalized spacial score (nSPS) is 9.80. The molecule has 2 amide bonds. The van der Waals surface area contributed by atoms with Gasteiger partial charge in [0.2, 0.25) is 0 Å². The lowest BCUT2D eigenvalue weighted by Gasteiger charge is -2.11. The van der Waals surface area contributed by atoms with Gasteiger partial charge < -0.3 is 9.47 Å². The van der Waals surface area contributed by atoms with Gasteiger partial charge in [0, 0.05) is 12.1 Å². The Morgan fingerprint density at radius 2 is 1.13 bits per heavy atom. The number of carbonyl (C=O) groups is 2. The Morgan fingerprint density at radius 3 is 1.43 bits per heavy atom. The summed E-state index contributed by atoms with van der Waals surface area (Å²) in [6, 6.07) is 7.60. The Labute approximate surface area is 168 Å². The highest BCUT2D eigenvalue weighted by atomic mass is 16.6. The number of nitrogens with zero attached hydrogens (tertiary/aromatic N) is 2. The lowest BCUT2D eigenvalue weighted by molar-refractivity contribution is -0.385. The second-order valence-electron chi connectivity index (χ2n) is 5.45. The quantitative estimate of drug-likeness (QED) is 0.274. The minimum absolute atomic E-state index is 0.0207. The monoisotopic (exact) mass is 420 g/mol. The predicted molar refractivity (Wildman–Crippen MR) is 103 cm³/mol. The Kier molecular flexibility index (Phi) is 6.89. The van der Waals surface area contributed by atoms with Gasteiger partial charge in [-0.1, -0.05) is 0 Å². The number of methoxy groups -OCH3 is 2. The number of rotatable bonds is 8. The number of carbonyl (C=O) groups excluding carboxylic acids is 2. The maximum atomic E-state index is 11.8. The summed E-state index contributed by atoms with van der Waals surface area (Å²) in [5, 5.41) is 22.0. The van der Waals surface area contributed by atoms with Gasteiger partial charge in [-0.3, -0.25) is 51.5 Å². The minimum atomic E-state index is -1.14. The maximum Gasteiger partial charge on any atom is 0.329 e. The number of hydrogen-bond donors (Lipinski definition) is 4. The van der Waals surface area contributed by atoms with Crippen molar-refractivity contribution in [2.24, 2.45) is 0 Å². The average molecular weight is 420 g/mol. The van der Waals surface area contributed by atoms with Crippen LogP contribution in [0.3, 0.4) is 0 Å². The molecule has 158 valence electrons. The van der Waals surface area contributed by atoms with E-state index in [0.717, 1.165) is 12.1 Å². The van der Waals surface area contributed by atoms with Crippen LogP contribution in [0.25, 0.3) is 0 Å². The molecule has 0 aliphatic rings. The smallest absolute Gasteiger partial charge is 0.329 e. The highest BCUT2D eigenvalue weighted by molar-refractivity contribution is 6.35. The summed E-state index contributed by atoms with van der Waals surface area (Å²) in [6.45, 7) is 0. The lowest BCUT2D eigenvalue weighted by atomic mass is 10.2. The number of amides is 2. The molecule has 0 saturated carbocycles. The van der Waals surface area contributed by atoms with Crippen LogP contribution in [0.2, 0.25) is 0 Å². The average Bonchev–Trinajstić information content (AvgIpc) is 2.75. The number of anilines is 2. The Hall–Kier alpha value is -4.62. The van der Waals surface area contributed by atoms with Crippen molar-refractivity contribution in [3.05, 3.63) is 56.6 Å². The highest BCUT2D eigenvalue weighted by Gasteiger charge is 2.18. The first-order valence-electron chi connectivity index (χ1n) is 8.04. The van der Waals surface area contributed by atoms with Crippen molar-refractivity contribution >= 4 is 34.6 Å². The van der Waals surface area contributed by atoms with Crippen LogP contribution in [0.1, 0.15) is 0 Å². The van der Waals surface area contributed by atoms with Crippen molar-refractivity contribution in [3.8, 4) is 11.5 Å². The summed E-state index contributed by atoms with van der Waals surface area (Å²) in [5.74, 6) is -2.23. The first-order chi connectivity index (χ1) is 14.3. The van der Waals surface area contributed by atoms with Crippen LogP contribution in [0.4, 0.5) is 22.7 Å². The second kappa shape index (κ2) is 9.54. The summed E-state index contributed by atoms with van der Waals surface area (Å²) in [7, 11) is 2.54. The molecule has 14 heteroatoms. The third-order valence-electron chi connectivity index (χ3n) is 3.60. The Balaban J connectivity index is 1.95. The van der Waals surface area contributed by atoms with Crippen LogP contribution in [0.15, 0.2) is 36.4 Å². The van der Waals surface area contributed by atoms with E-state index >= 15 is 0 Å². The summed E-state index contributed by atoms with van der Waals surface area (Å²) < 4.78 is 9.72. The molecule has 4 N–H and O–H groups in total. The summed E-state index contributed by atoms with van der Waals surface area (Å²) >= 11 is 0. The van der Waals surface area contributed by atoms with Gasteiger partial charge in [-0.05, 0) is 24.3 Å². The molecule has 0 aliphatic carbocycles. The number of hydrazine groups is 2. The fraction of sp³-hybridized carbons (Fsp3) is 0.125. The molecule has 0 spiro atoms. The van der Waals surface area contributed by atoms with Gasteiger partial charge in [0.1, 0.15) is 0 Å². The van der Waals surface area contributed by atoms with Crippen LogP contribution < -0.4 is 31.2 Å². The Bertz CT molecular complexity index is 916. The van der Waals surface area contributed by atoms with E-state index in [4.69, 9.17) is 9.47 Å². The van der Waals surface area contributed by atoms with E-state index < -0.39 is 21.7 Å². The molecule has 2 aromatic carbocycles. The third kappa shape index (κ3) is 5.22. The summed E-state index contributed by atoms with van der Waals surface area (Å²) in [6.07, 6.45) is 0. The molecule has 0 saturated heterocycles. The zero-order chi connectivity index (χ0) is 22.3. The Morgan fingerprint density at radius 1 is 0.767 bits per heavy atom. The van der Waals surface area contributed by atoms with Crippen molar-refractivity contribution in [3.63, 3.8) is 0 Å². The van der Waals surface area contributed by atoms with Crippen LogP contribution >= 0.6 is 0 Å². The fourth-order valence-electron chi connectivity index (χ4n) is 2.19. The largest absolute Gasteiger partial charge is 0.490 e. The third-order valence-corrected chi connectivity index (χ3v) is 3.60. The molecule has 2 rings (SSSR count). The molecular formula is C16H16N6O8. The minimum Gasteiger partial charge on any atom is -0.490 e. The second-order valence-corrected chi connectivity index (χ2v) is 5.45. The standard InChI is InChI=1S/C16H16N6O8/c1-29-13-5-3-9(7-11(13)21(25)26)17-19-15(23)16(24)20-18-10-4-6-14(30-2)12(8-10)22(27)28/h3-8,17-18H,1-2H3,(H,19,23)(H,20,24). The SMILES string of the molecule is COc1ccc(NNC(=O)C(=O)NNc2ccc(OC)c([N+](=O)[O-])c2)cc1[N+](=O)[O-]. The van der Waals surface area contributed by atoms with E-state index in [-0.39, 0.29) is 34.2 Å². The van der Waals surface area contributed by atoms with Gasteiger partial charge in [0.05, 0.1) is 35.4 Å². The molecular weight excluding hydrogens is 404 g/mol. The van der Waals surface area contributed by atoms with E-state index in [0.29, 0.717) is 0 Å². The van der Waals surface area contributed by atoms with E-state index in [1.807, 2.05) is 0 Å². The van der Waals surface area contributed by atoms with Gasteiger partial charge in [-0.15, -0.1) is 0 Å². The highest BCUT2D eigenvalue weighted by Crippen LogP contribution is 2.30. The van der Waals surface area contributed by atoms with Gasteiger partial charge in [-0.2, -0.15) is 0 Å². The number of nitro benzene ring substituents is 2. The predicted octanol–water partition coefficient (Wildman–Crippen LogP) is 1.11. The zero-order valence-corrected chi connectivity index (χ0v) is 15.6. The molecule has 0 aromatic heterocycles. The summed E-state index contributed by atoms with van der Waals surface area (Å²) in [4.78, 5) is 44.3. The van der Waals surface area contributed by atoms with Gasteiger partial charge in [0.25, 0.3) is 0 Å². The molecule has 0 unspecified atom stereocenters.